The van der Waals surface area contributed by atoms with Gasteiger partial charge in [0.25, 0.3) is 11.2 Å². The number of carbonyl (C=O) groups is 1. The number of H-pyrrole nitrogens is 1. The number of nitrogens with zero attached hydrogens (tertiary/aromatic N) is 3. The predicted molar refractivity (Wildman–Crippen MR) is 143 cm³/mol. The maximum atomic E-state index is 13.4. The molecule has 0 saturated carbocycles. The Kier molecular flexibility index (Phi) is 6.27. The zero-order valence-electron chi connectivity index (χ0n) is 21.1. The van der Waals surface area contributed by atoms with Gasteiger partial charge in [-0.15, -0.1) is 0 Å². The summed E-state index contributed by atoms with van der Waals surface area (Å²) >= 11 is 0. The Morgan fingerprint density at radius 2 is 1.84 bits per heavy atom. The highest BCUT2D eigenvalue weighted by molar-refractivity contribution is 6.01. The Balaban J connectivity index is 1.53. The molecule has 0 bridgehead atoms. The molecular formula is C27H26N6O5. The van der Waals surface area contributed by atoms with Crippen LogP contribution in [0.25, 0.3) is 0 Å². The highest BCUT2D eigenvalue weighted by Crippen LogP contribution is 2.47. The Morgan fingerprint density at radius 1 is 1.13 bits per heavy atom. The number of aromatic nitrogens is 2. The smallest absolute Gasteiger partial charge is 0.269 e. The van der Waals surface area contributed by atoms with Crippen molar-refractivity contribution in [3.63, 3.8) is 0 Å². The minimum atomic E-state index is -0.709. The van der Waals surface area contributed by atoms with Gasteiger partial charge in [-0.3, -0.25) is 24.7 Å². The molecule has 0 spiro atoms. The number of allylic oxidation sites excluding steroid dienone is 2. The second-order valence-corrected chi connectivity index (χ2v) is 10.1. The molecule has 3 N–H and O–H groups in total. The Bertz CT molecular complexity index is 1540. The topological polar surface area (TPSA) is 152 Å². The minimum Gasteiger partial charge on any atom is -0.497 e. The SMILES string of the molecule is COc1ccc(/C=N\Nc2nc3c(c(=O)[nH]2)C(c2ccc([N+](=O)[O-])cc2)C2=C(CC(C)(C)CC2=O)N3)cc1. The molecule has 0 radical (unpaired) electrons. The number of nitro benzene ring substituents is 1. The number of anilines is 2. The van der Waals surface area contributed by atoms with E-state index in [0.29, 0.717) is 35.5 Å². The quantitative estimate of drug-likeness (QED) is 0.250. The van der Waals surface area contributed by atoms with Crippen molar-refractivity contribution in [2.45, 2.75) is 32.6 Å². The first-order chi connectivity index (χ1) is 18.1. The largest absolute Gasteiger partial charge is 0.497 e. The maximum Gasteiger partial charge on any atom is 0.269 e. The second kappa shape index (κ2) is 9.58. The molecule has 1 aliphatic heterocycles. The number of hydrogen-bond donors (Lipinski definition) is 3. The molecule has 1 aliphatic carbocycles. The van der Waals surface area contributed by atoms with Gasteiger partial charge in [-0.2, -0.15) is 10.1 Å². The summed E-state index contributed by atoms with van der Waals surface area (Å²) in [5.74, 6) is 0.382. The van der Waals surface area contributed by atoms with Crippen LogP contribution in [0.15, 0.2) is 69.7 Å². The van der Waals surface area contributed by atoms with Crippen LogP contribution in [0.4, 0.5) is 17.5 Å². The molecule has 38 heavy (non-hydrogen) atoms. The van der Waals surface area contributed by atoms with Crippen molar-refractivity contribution in [3.8, 4) is 5.75 Å². The summed E-state index contributed by atoms with van der Waals surface area (Å²) in [5, 5.41) is 18.6. The molecule has 0 saturated heterocycles. The summed E-state index contributed by atoms with van der Waals surface area (Å²) in [4.78, 5) is 44.6. The average Bonchev–Trinajstić information content (AvgIpc) is 2.87. The fourth-order valence-electron chi connectivity index (χ4n) is 4.95. The molecule has 11 heteroatoms. The fourth-order valence-corrected chi connectivity index (χ4v) is 4.95. The number of methoxy groups -OCH3 is 1. The van der Waals surface area contributed by atoms with Crippen molar-refractivity contribution in [2.75, 3.05) is 17.9 Å². The van der Waals surface area contributed by atoms with Crippen LogP contribution in [0.2, 0.25) is 0 Å². The normalized spacial score (nSPS) is 18.0. The molecule has 1 atom stereocenters. The molecular weight excluding hydrogens is 488 g/mol. The number of carbonyl (C=O) groups excluding carboxylic acids is 1. The number of benzene rings is 2. The van der Waals surface area contributed by atoms with Gasteiger partial charge in [0.1, 0.15) is 11.6 Å². The first-order valence-corrected chi connectivity index (χ1v) is 12.0. The number of Topliss-reactive ketones (excluding diaryl/α,β-unsaturated/α-hetero) is 1. The number of hydrogen-bond acceptors (Lipinski definition) is 9. The monoisotopic (exact) mass is 514 g/mol. The lowest BCUT2D eigenvalue weighted by molar-refractivity contribution is -0.384. The third-order valence-electron chi connectivity index (χ3n) is 6.66. The van der Waals surface area contributed by atoms with E-state index < -0.39 is 16.4 Å². The van der Waals surface area contributed by atoms with Gasteiger partial charge in [0.2, 0.25) is 5.95 Å². The highest BCUT2D eigenvalue weighted by Gasteiger charge is 2.42. The number of ether oxygens (including phenoxy) is 1. The van der Waals surface area contributed by atoms with Crippen molar-refractivity contribution in [3.05, 3.63) is 97.0 Å². The van der Waals surface area contributed by atoms with Gasteiger partial charge in [0, 0.05) is 35.7 Å². The summed E-state index contributed by atoms with van der Waals surface area (Å²) in [6.45, 7) is 4.03. The van der Waals surface area contributed by atoms with Crippen LogP contribution in [-0.2, 0) is 4.79 Å². The van der Waals surface area contributed by atoms with Crippen molar-refractivity contribution < 1.29 is 14.5 Å². The Hall–Kier alpha value is -4.80. The van der Waals surface area contributed by atoms with E-state index in [0.717, 1.165) is 11.3 Å². The molecule has 0 fully saturated rings. The summed E-state index contributed by atoms with van der Waals surface area (Å²) in [6, 6.07) is 13.2. The number of hydrazone groups is 1. The standard InChI is InChI=1S/C27H26N6O5/c1-27(2)12-19-22(20(34)13-27)21(16-6-8-17(9-7-16)33(36)37)23-24(29-19)30-26(31-25(23)35)32-28-14-15-4-10-18(38-3)11-5-15/h4-11,14,21H,12-13H2,1-3H3,(H3,29,30,31,32,35)/b28-14-. The Labute approximate surface area is 217 Å². The first-order valence-electron chi connectivity index (χ1n) is 12.0. The van der Waals surface area contributed by atoms with Crippen molar-refractivity contribution in [2.24, 2.45) is 10.5 Å². The predicted octanol–water partition coefficient (Wildman–Crippen LogP) is 4.33. The van der Waals surface area contributed by atoms with Crippen LogP contribution in [-0.4, -0.2) is 34.0 Å². The van der Waals surface area contributed by atoms with E-state index in [1.165, 1.54) is 12.1 Å². The van der Waals surface area contributed by atoms with Crippen molar-refractivity contribution >= 4 is 29.5 Å². The lowest BCUT2D eigenvalue weighted by atomic mass is 9.69. The van der Waals surface area contributed by atoms with Crippen molar-refractivity contribution in [1.82, 2.24) is 9.97 Å². The summed E-state index contributed by atoms with van der Waals surface area (Å²) in [5.41, 5.74) is 4.85. The lowest BCUT2D eigenvalue weighted by Crippen LogP contribution is -2.37. The number of rotatable bonds is 6. The molecule has 1 aromatic heterocycles. The van der Waals surface area contributed by atoms with E-state index in [4.69, 9.17) is 4.74 Å². The molecule has 0 amide bonds. The van der Waals surface area contributed by atoms with Gasteiger partial charge in [0.05, 0.1) is 23.8 Å². The summed E-state index contributed by atoms with van der Waals surface area (Å²) in [6.07, 6.45) is 2.50. The number of nitro groups is 1. The molecule has 2 aromatic carbocycles. The van der Waals surface area contributed by atoms with Crippen LogP contribution in [0.5, 0.6) is 5.75 Å². The molecule has 5 rings (SSSR count). The summed E-state index contributed by atoms with van der Waals surface area (Å²) in [7, 11) is 1.59. The van der Waals surface area contributed by atoms with Crippen molar-refractivity contribution in [1.29, 1.82) is 0 Å². The lowest BCUT2D eigenvalue weighted by Gasteiger charge is -2.38. The zero-order chi connectivity index (χ0) is 27.0. The third kappa shape index (κ3) is 4.77. The van der Waals surface area contributed by atoms with E-state index in [1.807, 2.05) is 26.0 Å². The number of aromatic amines is 1. The van der Waals surface area contributed by atoms with Crippen LogP contribution >= 0.6 is 0 Å². The summed E-state index contributed by atoms with van der Waals surface area (Å²) < 4.78 is 5.15. The first kappa shape index (κ1) is 24.9. The molecule has 194 valence electrons. The molecule has 2 heterocycles. The maximum absolute atomic E-state index is 13.4. The van der Waals surface area contributed by atoms with Gasteiger partial charge < -0.3 is 10.1 Å². The van der Waals surface area contributed by atoms with Gasteiger partial charge >= 0.3 is 0 Å². The zero-order valence-corrected chi connectivity index (χ0v) is 21.1. The van der Waals surface area contributed by atoms with E-state index in [2.05, 4.69) is 25.8 Å². The minimum absolute atomic E-state index is 0.0663. The number of nitrogens with one attached hydrogen (secondary N) is 3. The van der Waals surface area contributed by atoms with Crippen LogP contribution in [0.1, 0.15) is 49.3 Å². The number of ketones is 1. The van der Waals surface area contributed by atoms with Crippen LogP contribution in [0.3, 0.4) is 0 Å². The number of fused-ring (bicyclic) bond motifs is 1. The fraction of sp³-hybridized carbons (Fsp3) is 0.259. The van der Waals surface area contributed by atoms with Gasteiger partial charge in [0.15, 0.2) is 5.78 Å². The van der Waals surface area contributed by atoms with Crippen LogP contribution in [0, 0.1) is 15.5 Å². The molecule has 11 nitrogen and oxygen atoms in total. The van der Waals surface area contributed by atoms with E-state index in [9.17, 15) is 19.7 Å². The Morgan fingerprint density at radius 3 is 2.50 bits per heavy atom. The molecule has 1 unspecified atom stereocenters. The van der Waals surface area contributed by atoms with E-state index >= 15 is 0 Å². The second-order valence-electron chi connectivity index (χ2n) is 10.1. The van der Waals surface area contributed by atoms with Gasteiger partial charge in [-0.25, -0.2) is 5.43 Å². The van der Waals surface area contributed by atoms with Gasteiger partial charge in [-0.05, 0) is 47.2 Å². The third-order valence-corrected chi connectivity index (χ3v) is 6.66. The highest BCUT2D eigenvalue weighted by atomic mass is 16.6. The van der Waals surface area contributed by atoms with Gasteiger partial charge in [-0.1, -0.05) is 26.0 Å². The number of non-ortho nitro benzene ring substituents is 1. The molecule has 2 aliphatic rings. The van der Waals surface area contributed by atoms with E-state index in [-0.39, 0.29) is 28.4 Å². The average molecular weight is 515 g/mol. The van der Waals surface area contributed by atoms with Crippen LogP contribution < -0.4 is 21.0 Å². The molecule has 3 aromatic rings. The van der Waals surface area contributed by atoms with E-state index in [1.54, 1.807) is 37.6 Å².